The highest BCUT2D eigenvalue weighted by Gasteiger charge is 2.10. The number of methoxy groups -OCH3 is 3. The third-order valence-electron chi connectivity index (χ3n) is 3.20. The van der Waals surface area contributed by atoms with Gasteiger partial charge in [-0.25, -0.2) is 0 Å². The van der Waals surface area contributed by atoms with Gasteiger partial charge >= 0.3 is 0 Å². The Bertz CT molecular complexity index is 655. The predicted octanol–water partition coefficient (Wildman–Crippen LogP) is 2.89. The number of rotatable bonds is 6. The molecule has 0 radical (unpaired) electrons. The summed E-state index contributed by atoms with van der Waals surface area (Å²) in [6.07, 6.45) is 0.213. The smallest absolute Gasteiger partial charge is 0.228 e. The lowest BCUT2D eigenvalue weighted by Gasteiger charge is -2.11. The second-order valence-electron chi connectivity index (χ2n) is 4.63. The number of carbonyl (C=O) groups excluding carboxylic acids is 1. The summed E-state index contributed by atoms with van der Waals surface area (Å²) in [6, 6.07) is 12.6. The zero-order valence-electron chi connectivity index (χ0n) is 12.9. The molecule has 0 saturated heterocycles. The molecular formula is C17H19NO4. The van der Waals surface area contributed by atoms with Gasteiger partial charge in [0, 0.05) is 23.4 Å². The van der Waals surface area contributed by atoms with Gasteiger partial charge in [0.1, 0.15) is 17.2 Å². The molecule has 116 valence electrons. The minimum Gasteiger partial charge on any atom is -0.497 e. The first-order valence-corrected chi connectivity index (χ1v) is 6.81. The van der Waals surface area contributed by atoms with Gasteiger partial charge in [0.05, 0.1) is 27.8 Å². The molecule has 0 aliphatic rings. The minimum atomic E-state index is -0.128. The molecule has 0 unspecified atom stereocenters. The van der Waals surface area contributed by atoms with Crippen molar-refractivity contribution in [2.45, 2.75) is 6.42 Å². The molecule has 1 N–H and O–H groups in total. The number of benzene rings is 2. The molecule has 0 bridgehead atoms. The number of hydrogen-bond donors (Lipinski definition) is 1. The maximum absolute atomic E-state index is 12.2. The van der Waals surface area contributed by atoms with Gasteiger partial charge in [0.15, 0.2) is 0 Å². The van der Waals surface area contributed by atoms with E-state index in [0.717, 1.165) is 5.56 Å². The standard InChI is InChI=1S/C17H19NO4/c1-20-14-6-4-5-13(10-14)18-17(19)9-12-7-8-15(21-2)11-16(12)22-3/h4-8,10-11H,9H2,1-3H3,(H,18,19). The Morgan fingerprint density at radius 3 is 2.36 bits per heavy atom. The molecule has 0 saturated carbocycles. The maximum Gasteiger partial charge on any atom is 0.228 e. The second-order valence-corrected chi connectivity index (χ2v) is 4.63. The zero-order valence-corrected chi connectivity index (χ0v) is 12.9. The first-order chi connectivity index (χ1) is 10.7. The van der Waals surface area contributed by atoms with Crippen LogP contribution in [-0.4, -0.2) is 27.2 Å². The van der Waals surface area contributed by atoms with E-state index in [1.54, 1.807) is 39.5 Å². The van der Waals surface area contributed by atoms with E-state index in [-0.39, 0.29) is 12.3 Å². The van der Waals surface area contributed by atoms with E-state index < -0.39 is 0 Å². The Labute approximate surface area is 129 Å². The third-order valence-corrected chi connectivity index (χ3v) is 3.20. The fourth-order valence-corrected chi connectivity index (χ4v) is 2.08. The van der Waals surface area contributed by atoms with Crippen LogP contribution in [-0.2, 0) is 11.2 Å². The number of carbonyl (C=O) groups is 1. The van der Waals surface area contributed by atoms with Crippen molar-refractivity contribution < 1.29 is 19.0 Å². The summed E-state index contributed by atoms with van der Waals surface area (Å²) in [5, 5.41) is 2.84. The first kappa shape index (κ1) is 15.7. The van der Waals surface area contributed by atoms with Gasteiger partial charge in [-0.3, -0.25) is 4.79 Å². The highest BCUT2D eigenvalue weighted by Crippen LogP contribution is 2.25. The van der Waals surface area contributed by atoms with Gasteiger partial charge < -0.3 is 19.5 Å². The topological polar surface area (TPSA) is 56.8 Å². The Morgan fingerprint density at radius 1 is 0.955 bits per heavy atom. The zero-order chi connectivity index (χ0) is 15.9. The SMILES string of the molecule is COc1cccc(NC(=O)Cc2ccc(OC)cc2OC)c1. The molecule has 1 amide bonds. The van der Waals surface area contributed by atoms with Crippen molar-refractivity contribution in [1.29, 1.82) is 0 Å². The maximum atomic E-state index is 12.2. The van der Waals surface area contributed by atoms with E-state index in [9.17, 15) is 4.79 Å². The van der Waals surface area contributed by atoms with Crippen LogP contribution in [0.2, 0.25) is 0 Å². The number of hydrogen-bond acceptors (Lipinski definition) is 4. The van der Waals surface area contributed by atoms with Crippen LogP contribution in [0.3, 0.4) is 0 Å². The average molecular weight is 301 g/mol. The van der Waals surface area contributed by atoms with E-state index in [4.69, 9.17) is 14.2 Å². The van der Waals surface area contributed by atoms with Crippen molar-refractivity contribution in [3.05, 3.63) is 48.0 Å². The van der Waals surface area contributed by atoms with Crippen LogP contribution in [0.5, 0.6) is 17.2 Å². The molecule has 2 aromatic carbocycles. The van der Waals surface area contributed by atoms with Crippen molar-refractivity contribution >= 4 is 11.6 Å². The molecule has 0 spiro atoms. The largest absolute Gasteiger partial charge is 0.497 e. The Hall–Kier alpha value is -2.69. The van der Waals surface area contributed by atoms with Crippen molar-refractivity contribution in [2.24, 2.45) is 0 Å². The van der Waals surface area contributed by atoms with E-state index in [0.29, 0.717) is 22.9 Å². The minimum absolute atomic E-state index is 0.128. The Morgan fingerprint density at radius 2 is 1.68 bits per heavy atom. The molecule has 2 aromatic rings. The summed E-state index contributed by atoms with van der Waals surface area (Å²) >= 11 is 0. The summed E-state index contributed by atoms with van der Waals surface area (Å²) in [6.45, 7) is 0. The summed E-state index contributed by atoms with van der Waals surface area (Å²) in [5.41, 5.74) is 1.49. The summed E-state index contributed by atoms with van der Waals surface area (Å²) in [5.74, 6) is 1.88. The monoisotopic (exact) mass is 301 g/mol. The highest BCUT2D eigenvalue weighted by molar-refractivity contribution is 5.92. The van der Waals surface area contributed by atoms with E-state index in [1.807, 2.05) is 24.3 Å². The van der Waals surface area contributed by atoms with Crippen molar-refractivity contribution in [2.75, 3.05) is 26.6 Å². The third kappa shape index (κ3) is 3.91. The van der Waals surface area contributed by atoms with Crippen LogP contribution in [0.15, 0.2) is 42.5 Å². The fourth-order valence-electron chi connectivity index (χ4n) is 2.08. The first-order valence-electron chi connectivity index (χ1n) is 6.81. The normalized spacial score (nSPS) is 9.95. The second kappa shape index (κ2) is 7.36. The van der Waals surface area contributed by atoms with Gasteiger partial charge in [-0.1, -0.05) is 12.1 Å². The summed E-state index contributed by atoms with van der Waals surface area (Å²) < 4.78 is 15.6. The molecule has 5 heteroatoms. The molecule has 0 aliphatic carbocycles. The molecule has 5 nitrogen and oxygen atoms in total. The van der Waals surface area contributed by atoms with Crippen molar-refractivity contribution in [3.63, 3.8) is 0 Å². The van der Waals surface area contributed by atoms with Gasteiger partial charge in [0.2, 0.25) is 5.91 Å². The lowest BCUT2D eigenvalue weighted by molar-refractivity contribution is -0.115. The van der Waals surface area contributed by atoms with Crippen molar-refractivity contribution in [1.82, 2.24) is 0 Å². The molecule has 0 heterocycles. The molecular weight excluding hydrogens is 282 g/mol. The Kier molecular flexibility index (Phi) is 5.25. The van der Waals surface area contributed by atoms with Gasteiger partial charge in [-0.05, 0) is 18.2 Å². The number of anilines is 1. The average Bonchev–Trinajstić information content (AvgIpc) is 2.55. The summed E-state index contributed by atoms with van der Waals surface area (Å²) in [7, 11) is 4.74. The van der Waals surface area contributed by atoms with Crippen LogP contribution in [0.4, 0.5) is 5.69 Å². The van der Waals surface area contributed by atoms with Gasteiger partial charge in [0.25, 0.3) is 0 Å². The molecule has 0 atom stereocenters. The van der Waals surface area contributed by atoms with Crippen LogP contribution in [0.25, 0.3) is 0 Å². The quantitative estimate of drug-likeness (QED) is 0.891. The number of amides is 1. The molecule has 2 rings (SSSR count). The number of nitrogens with one attached hydrogen (secondary N) is 1. The molecule has 0 fully saturated rings. The molecule has 0 aliphatic heterocycles. The summed E-state index contributed by atoms with van der Waals surface area (Å²) in [4.78, 5) is 12.2. The van der Waals surface area contributed by atoms with Gasteiger partial charge in [-0.15, -0.1) is 0 Å². The van der Waals surface area contributed by atoms with Gasteiger partial charge in [-0.2, -0.15) is 0 Å². The van der Waals surface area contributed by atoms with Crippen LogP contribution in [0, 0.1) is 0 Å². The molecule has 22 heavy (non-hydrogen) atoms. The lowest BCUT2D eigenvalue weighted by Crippen LogP contribution is -2.15. The van der Waals surface area contributed by atoms with Crippen LogP contribution < -0.4 is 19.5 Å². The highest BCUT2D eigenvalue weighted by atomic mass is 16.5. The number of ether oxygens (including phenoxy) is 3. The van der Waals surface area contributed by atoms with E-state index >= 15 is 0 Å². The van der Waals surface area contributed by atoms with Crippen LogP contribution >= 0.6 is 0 Å². The van der Waals surface area contributed by atoms with Crippen molar-refractivity contribution in [3.8, 4) is 17.2 Å². The Balaban J connectivity index is 2.08. The predicted molar refractivity (Wildman–Crippen MR) is 84.9 cm³/mol. The molecule has 0 aromatic heterocycles. The fraction of sp³-hybridized carbons (Fsp3) is 0.235. The van der Waals surface area contributed by atoms with Crippen LogP contribution in [0.1, 0.15) is 5.56 Å². The van der Waals surface area contributed by atoms with E-state index in [2.05, 4.69) is 5.32 Å². The van der Waals surface area contributed by atoms with E-state index in [1.165, 1.54) is 0 Å². The lowest BCUT2D eigenvalue weighted by atomic mass is 10.1.